The zero-order chi connectivity index (χ0) is 45.7. The quantitative estimate of drug-likeness (QED) is 0.144. The van der Waals surface area contributed by atoms with E-state index in [0.717, 1.165) is 61.4 Å². The SMILES string of the molecule is c1ccc(-c2ccccc2-c2ccc(N(c3ccc(-c4ccc(-c5ccc(-n6c7ccccc7c7ccccc76)cc5)cc4)cc3)c3cccc(-c4cccc5oc6ccccc6c45)c3)cc2)cc1. The first-order chi connectivity index (χ1) is 34.2. The Morgan fingerprint density at radius 3 is 1.33 bits per heavy atom. The molecule has 324 valence electrons. The molecule has 0 saturated heterocycles. The molecule has 0 atom stereocenters. The van der Waals surface area contributed by atoms with Gasteiger partial charge in [0.25, 0.3) is 0 Å². The second kappa shape index (κ2) is 16.9. The van der Waals surface area contributed by atoms with Crippen molar-refractivity contribution < 1.29 is 4.42 Å². The van der Waals surface area contributed by atoms with Crippen molar-refractivity contribution in [3.05, 3.63) is 267 Å². The van der Waals surface area contributed by atoms with Crippen LogP contribution in [0, 0.1) is 0 Å². The second-order valence-corrected chi connectivity index (χ2v) is 17.7. The Balaban J connectivity index is 0.838. The summed E-state index contributed by atoms with van der Waals surface area (Å²) in [5, 5.41) is 4.79. The van der Waals surface area contributed by atoms with Gasteiger partial charge in [-0.05, 0) is 128 Å². The maximum Gasteiger partial charge on any atom is 0.136 e. The minimum absolute atomic E-state index is 0.888. The smallest absolute Gasteiger partial charge is 0.136 e. The van der Waals surface area contributed by atoms with E-state index in [1.807, 2.05) is 12.1 Å². The predicted molar refractivity (Wildman–Crippen MR) is 290 cm³/mol. The summed E-state index contributed by atoms with van der Waals surface area (Å²) in [7, 11) is 0. The van der Waals surface area contributed by atoms with Crippen LogP contribution in [0.2, 0.25) is 0 Å². The highest BCUT2D eigenvalue weighted by atomic mass is 16.3. The molecule has 0 spiro atoms. The van der Waals surface area contributed by atoms with Gasteiger partial charge in [0.1, 0.15) is 11.2 Å². The molecule has 3 nitrogen and oxygen atoms in total. The highest BCUT2D eigenvalue weighted by Gasteiger charge is 2.18. The predicted octanol–water partition coefficient (Wildman–Crippen LogP) is 18.5. The summed E-state index contributed by atoms with van der Waals surface area (Å²) in [6.07, 6.45) is 0. The third-order valence-corrected chi connectivity index (χ3v) is 13.6. The van der Waals surface area contributed by atoms with Crippen LogP contribution >= 0.6 is 0 Å². The van der Waals surface area contributed by atoms with Gasteiger partial charge in [0.05, 0.1) is 11.0 Å². The average Bonchev–Trinajstić information content (AvgIpc) is 3.98. The van der Waals surface area contributed by atoms with Crippen molar-refractivity contribution in [3.63, 3.8) is 0 Å². The van der Waals surface area contributed by atoms with E-state index < -0.39 is 0 Å². The fourth-order valence-corrected chi connectivity index (χ4v) is 10.3. The molecule has 13 rings (SSSR count). The number of hydrogen-bond donors (Lipinski definition) is 0. The molecule has 0 saturated carbocycles. The minimum Gasteiger partial charge on any atom is -0.456 e. The van der Waals surface area contributed by atoms with Crippen LogP contribution in [0.3, 0.4) is 0 Å². The molecular weight excluding hydrogens is 837 g/mol. The summed E-state index contributed by atoms with van der Waals surface area (Å²) in [5.41, 5.74) is 20.3. The third kappa shape index (κ3) is 7.16. The maximum absolute atomic E-state index is 6.32. The van der Waals surface area contributed by atoms with Crippen molar-refractivity contribution >= 4 is 60.8 Å². The lowest BCUT2D eigenvalue weighted by Crippen LogP contribution is -2.10. The van der Waals surface area contributed by atoms with Gasteiger partial charge in [0, 0.05) is 44.3 Å². The second-order valence-electron chi connectivity index (χ2n) is 17.7. The lowest BCUT2D eigenvalue weighted by Gasteiger charge is -2.26. The van der Waals surface area contributed by atoms with Crippen molar-refractivity contribution in [3.8, 4) is 61.3 Å². The molecule has 0 radical (unpaired) electrons. The topological polar surface area (TPSA) is 21.3 Å². The van der Waals surface area contributed by atoms with Crippen LogP contribution < -0.4 is 4.90 Å². The molecule has 0 aliphatic carbocycles. The summed E-state index contributed by atoms with van der Waals surface area (Å²) >= 11 is 0. The molecule has 0 fully saturated rings. The summed E-state index contributed by atoms with van der Waals surface area (Å²) < 4.78 is 8.69. The van der Waals surface area contributed by atoms with Crippen LogP contribution in [0.5, 0.6) is 0 Å². The van der Waals surface area contributed by atoms with Gasteiger partial charge in [0.2, 0.25) is 0 Å². The van der Waals surface area contributed by atoms with Crippen LogP contribution in [0.25, 0.3) is 105 Å². The van der Waals surface area contributed by atoms with Gasteiger partial charge < -0.3 is 13.9 Å². The molecule has 2 heterocycles. The fourth-order valence-electron chi connectivity index (χ4n) is 10.3. The van der Waals surface area contributed by atoms with Crippen LogP contribution in [-0.2, 0) is 0 Å². The number of fused-ring (bicyclic) bond motifs is 6. The van der Waals surface area contributed by atoms with Crippen LogP contribution in [0.15, 0.2) is 271 Å². The molecule has 69 heavy (non-hydrogen) atoms. The Labute approximate surface area is 401 Å². The lowest BCUT2D eigenvalue weighted by molar-refractivity contribution is 0.669. The Morgan fingerprint density at radius 2 is 0.710 bits per heavy atom. The van der Waals surface area contributed by atoms with Gasteiger partial charge in [-0.1, -0.05) is 194 Å². The standard InChI is InChI=1S/C66H44N2O/c1-2-14-49(15-3-1)56-18-4-5-19-57(56)50-36-42-53(43-37-50)67(55-17-12-16-51(44-55)58-23-13-27-65-66(58)61-22-8-11-26-64(61)69-65)52-38-32-47(33-39-52)45-28-30-46(31-29-45)48-34-40-54(41-35-48)68-62-24-9-6-20-59(62)60-21-7-10-25-63(60)68/h1-44H. The first-order valence-electron chi connectivity index (χ1n) is 23.6. The molecule has 0 unspecified atom stereocenters. The Bertz CT molecular complexity index is 3920. The van der Waals surface area contributed by atoms with Crippen LogP contribution in [0.4, 0.5) is 17.1 Å². The van der Waals surface area contributed by atoms with Gasteiger partial charge in [0.15, 0.2) is 0 Å². The highest BCUT2D eigenvalue weighted by Crippen LogP contribution is 2.42. The summed E-state index contributed by atoms with van der Waals surface area (Å²) in [6.45, 7) is 0. The molecule has 0 amide bonds. The number of rotatable bonds is 9. The van der Waals surface area contributed by atoms with E-state index in [1.165, 1.54) is 60.8 Å². The minimum atomic E-state index is 0.888. The molecule has 0 bridgehead atoms. The Morgan fingerprint density at radius 1 is 0.275 bits per heavy atom. The lowest BCUT2D eigenvalue weighted by atomic mass is 9.94. The van der Waals surface area contributed by atoms with E-state index in [4.69, 9.17) is 4.42 Å². The van der Waals surface area contributed by atoms with Gasteiger partial charge >= 0.3 is 0 Å². The molecular formula is C66H44N2O. The zero-order valence-corrected chi connectivity index (χ0v) is 37.7. The van der Waals surface area contributed by atoms with Crippen molar-refractivity contribution in [1.29, 1.82) is 0 Å². The highest BCUT2D eigenvalue weighted by molar-refractivity contribution is 6.13. The monoisotopic (exact) mass is 880 g/mol. The van der Waals surface area contributed by atoms with Crippen LogP contribution in [-0.4, -0.2) is 4.57 Å². The van der Waals surface area contributed by atoms with Gasteiger partial charge in [-0.3, -0.25) is 0 Å². The van der Waals surface area contributed by atoms with Gasteiger partial charge in [-0.25, -0.2) is 0 Å². The van der Waals surface area contributed by atoms with Crippen molar-refractivity contribution in [2.75, 3.05) is 4.90 Å². The van der Waals surface area contributed by atoms with E-state index in [9.17, 15) is 0 Å². The summed E-state index contributed by atoms with van der Waals surface area (Å²) in [5.74, 6) is 0. The number of furan rings is 1. The van der Waals surface area contributed by atoms with Crippen molar-refractivity contribution in [2.24, 2.45) is 0 Å². The number of hydrogen-bond acceptors (Lipinski definition) is 2. The van der Waals surface area contributed by atoms with E-state index in [-0.39, 0.29) is 0 Å². The molecule has 2 aromatic heterocycles. The van der Waals surface area contributed by atoms with Gasteiger partial charge in [-0.2, -0.15) is 0 Å². The largest absolute Gasteiger partial charge is 0.456 e. The normalized spacial score (nSPS) is 11.5. The molecule has 0 aliphatic rings. The van der Waals surface area contributed by atoms with Gasteiger partial charge in [-0.15, -0.1) is 0 Å². The van der Waals surface area contributed by atoms with E-state index in [1.54, 1.807) is 0 Å². The first-order valence-corrected chi connectivity index (χ1v) is 23.6. The molecule has 11 aromatic carbocycles. The fraction of sp³-hybridized carbons (Fsp3) is 0. The number of benzene rings is 11. The number of nitrogens with zero attached hydrogens (tertiary/aromatic N) is 2. The number of anilines is 3. The number of aromatic nitrogens is 1. The van der Waals surface area contributed by atoms with E-state index in [2.05, 4.69) is 264 Å². The summed E-state index contributed by atoms with van der Waals surface area (Å²) in [6, 6.07) is 96.0. The molecule has 13 aromatic rings. The molecule has 0 N–H and O–H groups in total. The molecule has 0 aliphatic heterocycles. The van der Waals surface area contributed by atoms with Crippen molar-refractivity contribution in [2.45, 2.75) is 0 Å². The van der Waals surface area contributed by atoms with Crippen molar-refractivity contribution in [1.82, 2.24) is 4.57 Å². The zero-order valence-electron chi connectivity index (χ0n) is 37.7. The number of para-hydroxylation sites is 3. The molecule has 3 heteroatoms. The first kappa shape index (κ1) is 40.1. The third-order valence-electron chi connectivity index (χ3n) is 13.6. The Kier molecular flexibility index (Phi) is 9.84. The maximum atomic E-state index is 6.32. The Hall–Kier alpha value is -9.18. The van der Waals surface area contributed by atoms with E-state index >= 15 is 0 Å². The average molecular weight is 881 g/mol. The summed E-state index contributed by atoms with van der Waals surface area (Å²) in [4.78, 5) is 2.36. The van der Waals surface area contributed by atoms with Crippen LogP contribution in [0.1, 0.15) is 0 Å². The van der Waals surface area contributed by atoms with E-state index in [0.29, 0.717) is 0 Å².